The average Bonchev–Trinajstić information content (AvgIpc) is 3.22. The molecular weight excluding hydrogens is 380 g/mol. The van der Waals surface area contributed by atoms with Gasteiger partial charge in [-0.15, -0.1) is 0 Å². The Hall–Kier alpha value is -3.80. The van der Waals surface area contributed by atoms with Crippen LogP contribution in [0.3, 0.4) is 0 Å². The standard InChI is InChI=1S/C24H22N2O4/c27-22(13-17-7-3-1-4-8-17)25-24(19-11-12-20-21(15-19)30-16-29-20)26-23(28)14-18-9-5-2-6-10-18/h1-12,15,24H,13-14,16H2,(H,25,27)(H,26,28). The SMILES string of the molecule is O=C(Cc1ccccc1)NC(NC(=O)Cc1ccccc1)c1ccc2c(c1)OCO2. The molecule has 3 aromatic carbocycles. The van der Waals surface area contributed by atoms with Gasteiger partial charge in [0, 0.05) is 0 Å². The molecule has 0 aliphatic carbocycles. The van der Waals surface area contributed by atoms with Crippen LogP contribution in [0.4, 0.5) is 0 Å². The van der Waals surface area contributed by atoms with Gasteiger partial charge >= 0.3 is 0 Å². The fourth-order valence-electron chi connectivity index (χ4n) is 3.28. The van der Waals surface area contributed by atoms with Crippen molar-refractivity contribution in [1.29, 1.82) is 0 Å². The molecule has 0 bridgehead atoms. The Morgan fingerprint density at radius 3 is 1.83 bits per heavy atom. The number of ether oxygens (including phenoxy) is 2. The Morgan fingerprint density at radius 2 is 1.27 bits per heavy atom. The molecule has 0 unspecified atom stereocenters. The molecule has 2 N–H and O–H groups in total. The Morgan fingerprint density at radius 1 is 0.733 bits per heavy atom. The van der Waals surface area contributed by atoms with Gasteiger partial charge in [-0.05, 0) is 28.8 Å². The highest BCUT2D eigenvalue weighted by Crippen LogP contribution is 2.33. The zero-order valence-corrected chi connectivity index (χ0v) is 16.3. The van der Waals surface area contributed by atoms with Gasteiger partial charge in [-0.25, -0.2) is 0 Å². The van der Waals surface area contributed by atoms with Crippen LogP contribution in [0.1, 0.15) is 22.9 Å². The first kappa shape index (κ1) is 19.5. The first-order valence-corrected chi connectivity index (χ1v) is 9.73. The summed E-state index contributed by atoms with van der Waals surface area (Å²) in [7, 11) is 0. The van der Waals surface area contributed by atoms with Crippen LogP contribution < -0.4 is 20.1 Å². The molecule has 2 amide bonds. The maximum Gasteiger partial charge on any atom is 0.231 e. The largest absolute Gasteiger partial charge is 0.454 e. The molecule has 1 aliphatic heterocycles. The first-order valence-electron chi connectivity index (χ1n) is 9.73. The zero-order chi connectivity index (χ0) is 20.8. The number of amides is 2. The van der Waals surface area contributed by atoms with E-state index in [1.807, 2.05) is 66.7 Å². The zero-order valence-electron chi connectivity index (χ0n) is 16.3. The lowest BCUT2D eigenvalue weighted by molar-refractivity contribution is -0.123. The minimum atomic E-state index is -0.688. The molecule has 0 aromatic heterocycles. The number of rotatable bonds is 7. The van der Waals surface area contributed by atoms with E-state index in [2.05, 4.69) is 10.6 Å². The second-order valence-corrected chi connectivity index (χ2v) is 7.01. The Balaban J connectivity index is 1.50. The molecule has 3 aromatic rings. The minimum absolute atomic E-state index is 0.157. The number of hydrogen-bond acceptors (Lipinski definition) is 4. The van der Waals surface area contributed by atoms with E-state index in [-0.39, 0.29) is 31.4 Å². The molecule has 6 heteroatoms. The lowest BCUT2D eigenvalue weighted by Crippen LogP contribution is -2.42. The molecule has 6 nitrogen and oxygen atoms in total. The molecular formula is C24H22N2O4. The molecule has 1 aliphatic rings. The number of benzene rings is 3. The third kappa shape index (κ3) is 4.97. The van der Waals surface area contributed by atoms with Gasteiger partial charge in [-0.2, -0.15) is 0 Å². The number of hydrogen-bond donors (Lipinski definition) is 2. The first-order chi connectivity index (χ1) is 14.7. The lowest BCUT2D eigenvalue weighted by atomic mass is 10.1. The highest BCUT2D eigenvalue weighted by atomic mass is 16.7. The molecule has 30 heavy (non-hydrogen) atoms. The van der Waals surface area contributed by atoms with Crippen LogP contribution in [0.2, 0.25) is 0 Å². The van der Waals surface area contributed by atoms with Gasteiger partial charge in [0.2, 0.25) is 18.6 Å². The van der Waals surface area contributed by atoms with Gasteiger partial charge in [-0.1, -0.05) is 66.7 Å². The summed E-state index contributed by atoms with van der Waals surface area (Å²) in [5.74, 6) is 0.851. The summed E-state index contributed by atoms with van der Waals surface area (Å²) < 4.78 is 10.8. The summed E-state index contributed by atoms with van der Waals surface area (Å²) in [4.78, 5) is 25.3. The van der Waals surface area contributed by atoms with Gasteiger partial charge in [0.1, 0.15) is 6.17 Å². The van der Waals surface area contributed by atoms with E-state index in [1.165, 1.54) is 0 Å². The molecule has 0 saturated carbocycles. The van der Waals surface area contributed by atoms with Crippen LogP contribution in [0.25, 0.3) is 0 Å². The molecule has 0 atom stereocenters. The Kier molecular flexibility index (Phi) is 5.94. The number of carbonyl (C=O) groups excluding carboxylic acids is 2. The van der Waals surface area contributed by atoms with Gasteiger partial charge in [0.15, 0.2) is 11.5 Å². The van der Waals surface area contributed by atoms with Crippen molar-refractivity contribution in [1.82, 2.24) is 10.6 Å². The van der Waals surface area contributed by atoms with Crippen molar-refractivity contribution < 1.29 is 19.1 Å². The van der Waals surface area contributed by atoms with Crippen molar-refractivity contribution in [2.75, 3.05) is 6.79 Å². The monoisotopic (exact) mass is 402 g/mol. The Labute approximate surface area is 174 Å². The van der Waals surface area contributed by atoms with Gasteiger partial charge in [0.25, 0.3) is 0 Å². The molecule has 1 heterocycles. The van der Waals surface area contributed by atoms with Gasteiger partial charge < -0.3 is 20.1 Å². The molecule has 0 spiro atoms. The predicted octanol–water partition coefficient (Wildman–Crippen LogP) is 3.13. The Bertz CT molecular complexity index is 966. The maximum absolute atomic E-state index is 12.7. The normalized spacial score (nSPS) is 11.9. The number of fused-ring (bicyclic) bond motifs is 1. The van der Waals surface area contributed by atoms with Crippen molar-refractivity contribution >= 4 is 11.8 Å². The maximum atomic E-state index is 12.7. The van der Waals surface area contributed by atoms with E-state index >= 15 is 0 Å². The van der Waals surface area contributed by atoms with E-state index in [1.54, 1.807) is 12.1 Å². The quantitative estimate of drug-likeness (QED) is 0.596. The highest BCUT2D eigenvalue weighted by Gasteiger charge is 2.21. The third-order valence-corrected chi connectivity index (χ3v) is 4.76. The third-order valence-electron chi connectivity index (χ3n) is 4.76. The lowest BCUT2D eigenvalue weighted by Gasteiger charge is -2.21. The van der Waals surface area contributed by atoms with E-state index < -0.39 is 6.17 Å². The topological polar surface area (TPSA) is 76.7 Å². The van der Waals surface area contributed by atoms with Crippen LogP contribution in [-0.4, -0.2) is 18.6 Å². The summed E-state index contributed by atoms with van der Waals surface area (Å²) in [6.07, 6.45) is -0.251. The second kappa shape index (κ2) is 9.13. The number of nitrogens with one attached hydrogen (secondary N) is 2. The molecule has 0 radical (unpaired) electrons. The average molecular weight is 402 g/mol. The fraction of sp³-hybridized carbons (Fsp3) is 0.167. The molecule has 0 saturated heterocycles. The number of carbonyl (C=O) groups is 2. The van der Waals surface area contributed by atoms with Gasteiger partial charge in [-0.3, -0.25) is 9.59 Å². The summed E-state index contributed by atoms with van der Waals surface area (Å²) in [5.41, 5.74) is 2.51. The van der Waals surface area contributed by atoms with Crippen molar-refractivity contribution in [3.05, 3.63) is 95.6 Å². The smallest absolute Gasteiger partial charge is 0.231 e. The van der Waals surface area contributed by atoms with Crippen LogP contribution in [0.15, 0.2) is 78.9 Å². The minimum Gasteiger partial charge on any atom is -0.454 e. The second-order valence-electron chi connectivity index (χ2n) is 7.01. The van der Waals surface area contributed by atoms with Crippen LogP contribution in [-0.2, 0) is 22.4 Å². The molecule has 4 rings (SSSR count). The fourth-order valence-corrected chi connectivity index (χ4v) is 3.28. The van der Waals surface area contributed by atoms with Crippen molar-refractivity contribution in [3.8, 4) is 11.5 Å². The molecule has 152 valence electrons. The summed E-state index contributed by atoms with van der Waals surface area (Å²) in [5, 5.41) is 5.84. The van der Waals surface area contributed by atoms with E-state index in [0.717, 1.165) is 11.1 Å². The van der Waals surface area contributed by atoms with Gasteiger partial charge in [0.05, 0.1) is 12.8 Å². The van der Waals surface area contributed by atoms with Crippen molar-refractivity contribution in [2.24, 2.45) is 0 Å². The van der Waals surface area contributed by atoms with Crippen LogP contribution in [0.5, 0.6) is 11.5 Å². The van der Waals surface area contributed by atoms with Crippen molar-refractivity contribution in [2.45, 2.75) is 19.0 Å². The van der Waals surface area contributed by atoms with Crippen LogP contribution >= 0.6 is 0 Å². The van der Waals surface area contributed by atoms with E-state index in [4.69, 9.17) is 9.47 Å². The summed E-state index contributed by atoms with van der Waals surface area (Å²) in [6.45, 7) is 0.157. The summed E-state index contributed by atoms with van der Waals surface area (Å²) >= 11 is 0. The highest BCUT2D eigenvalue weighted by molar-refractivity contribution is 5.82. The van der Waals surface area contributed by atoms with E-state index in [0.29, 0.717) is 17.1 Å². The molecule has 0 fully saturated rings. The van der Waals surface area contributed by atoms with Crippen molar-refractivity contribution in [3.63, 3.8) is 0 Å². The summed E-state index contributed by atoms with van der Waals surface area (Å²) in [6, 6.07) is 24.3. The van der Waals surface area contributed by atoms with E-state index in [9.17, 15) is 9.59 Å². The van der Waals surface area contributed by atoms with Crippen LogP contribution in [0, 0.1) is 0 Å². The predicted molar refractivity (Wildman–Crippen MR) is 112 cm³/mol.